The van der Waals surface area contributed by atoms with Crippen molar-refractivity contribution in [1.29, 1.82) is 0 Å². The molecule has 7 heteroatoms. The molecule has 0 bridgehead atoms. The molecule has 0 amide bonds. The number of aromatic nitrogens is 2. The van der Waals surface area contributed by atoms with Gasteiger partial charge in [-0.15, -0.1) is 11.3 Å². The fraction of sp³-hybridized carbons (Fsp3) is 0.391. The molecule has 0 aliphatic carbocycles. The second-order valence-corrected chi connectivity index (χ2v) is 15.2. The lowest BCUT2D eigenvalue weighted by Crippen LogP contribution is -2.22. The van der Waals surface area contributed by atoms with Gasteiger partial charge in [-0.25, -0.2) is 0 Å². The average molecular weight is 441 g/mol. The first-order valence-electron chi connectivity index (χ1n) is 10.3. The van der Waals surface area contributed by atoms with E-state index >= 15 is 0 Å². The summed E-state index contributed by atoms with van der Waals surface area (Å²) < 4.78 is 6.25. The van der Waals surface area contributed by atoms with Crippen LogP contribution in [0, 0.1) is 0 Å². The summed E-state index contributed by atoms with van der Waals surface area (Å²) in [5.74, 6) is -0.111. The number of rotatable bonds is 9. The minimum Gasteiger partial charge on any atom is -0.466 e. The van der Waals surface area contributed by atoms with E-state index in [2.05, 4.69) is 29.6 Å². The molecule has 2 heterocycles. The predicted octanol–water partition coefficient (Wildman–Crippen LogP) is 5.31. The van der Waals surface area contributed by atoms with Gasteiger partial charge in [0.2, 0.25) is 0 Å². The SMILES string of the molecule is C[Si](C)(C)CCOC(=O)CCCCc1cccc(-c2nc(=O)c3ccccc3s2)n1. The first-order valence-corrected chi connectivity index (χ1v) is 14.9. The van der Waals surface area contributed by atoms with E-state index in [1.54, 1.807) is 6.07 Å². The summed E-state index contributed by atoms with van der Waals surface area (Å²) in [7, 11) is -1.17. The number of aryl methyl sites for hydroxylation is 1. The first-order chi connectivity index (χ1) is 14.3. The van der Waals surface area contributed by atoms with E-state index in [1.165, 1.54) is 11.3 Å². The number of carbonyl (C=O) groups is 1. The van der Waals surface area contributed by atoms with Crippen molar-refractivity contribution in [2.24, 2.45) is 0 Å². The average Bonchev–Trinajstić information content (AvgIpc) is 2.70. The summed E-state index contributed by atoms with van der Waals surface area (Å²) in [5, 5.41) is 1.27. The number of carbonyl (C=O) groups excluding carboxylic acids is 1. The second kappa shape index (κ2) is 10.1. The second-order valence-electron chi connectivity index (χ2n) is 8.57. The van der Waals surface area contributed by atoms with Crippen molar-refractivity contribution >= 4 is 35.5 Å². The van der Waals surface area contributed by atoms with Gasteiger partial charge in [0.05, 0.1) is 17.7 Å². The highest BCUT2D eigenvalue weighted by Gasteiger charge is 2.14. The standard InChI is InChI=1S/C23H28N2O3SSi/c1-30(2,3)16-15-28-21(26)14-7-4-9-17-10-8-12-19(24-17)23-25-22(27)18-11-5-6-13-20(18)29-23/h5-6,8,10-13H,4,7,9,14-16H2,1-3H3. The van der Waals surface area contributed by atoms with E-state index in [-0.39, 0.29) is 11.5 Å². The maximum atomic E-state index is 12.3. The Balaban J connectivity index is 1.54. The van der Waals surface area contributed by atoms with Crippen LogP contribution in [0.25, 0.3) is 20.8 Å². The van der Waals surface area contributed by atoms with Gasteiger partial charge in [-0.2, -0.15) is 4.98 Å². The molecule has 5 nitrogen and oxygen atoms in total. The van der Waals surface area contributed by atoms with Crippen LogP contribution in [-0.2, 0) is 16.0 Å². The molecule has 1 aromatic carbocycles. The molecule has 3 aromatic rings. The van der Waals surface area contributed by atoms with Crippen LogP contribution in [0.1, 0.15) is 25.0 Å². The quantitative estimate of drug-likeness (QED) is 0.256. The fourth-order valence-corrected chi connectivity index (χ4v) is 4.66. The highest BCUT2D eigenvalue weighted by molar-refractivity contribution is 7.21. The predicted molar refractivity (Wildman–Crippen MR) is 126 cm³/mol. The Labute approximate surface area is 182 Å². The van der Waals surface area contributed by atoms with Crippen LogP contribution >= 0.6 is 11.3 Å². The molecule has 3 rings (SSSR count). The van der Waals surface area contributed by atoms with Crippen LogP contribution in [0.2, 0.25) is 25.7 Å². The highest BCUT2D eigenvalue weighted by Crippen LogP contribution is 2.24. The molecule has 0 fully saturated rings. The van der Waals surface area contributed by atoms with Crippen LogP contribution in [0.3, 0.4) is 0 Å². The van der Waals surface area contributed by atoms with Gasteiger partial charge in [0.15, 0.2) is 0 Å². The number of esters is 1. The summed E-state index contributed by atoms with van der Waals surface area (Å²) >= 11 is 1.47. The molecule has 30 heavy (non-hydrogen) atoms. The number of hydrogen-bond acceptors (Lipinski definition) is 6. The van der Waals surface area contributed by atoms with Gasteiger partial charge in [0, 0.05) is 24.9 Å². The summed E-state index contributed by atoms with van der Waals surface area (Å²) in [4.78, 5) is 33.0. The topological polar surface area (TPSA) is 69.2 Å². The molecule has 0 radical (unpaired) electrons. The Bertz CT molecular complexity index is 1080. The molecule has 0 saturated carbocycles. The van der Waals surface area contributed by atoms with Gasteiger partial charge in [-0.1, -0.05) is 37.8 Å². The lowest BCUT2D eigenvalue weighted by atomic mass is 10.1. The lowest BCUT2D eigenvalue weighted by Gasteiger charge is -2.15. The van der Waals surface area contributed by atoms with Crippen molar-refractivity contribution in [1.82, 2.24) is 9.97 Å². The van der Waals surface area contributed by atoms with Gasteiger partial charge < -0.3 is 4.74 Å². The molecule has 0 N–H and O–H groups in total. The summed E-state index contributed by atoms with van der Waals surface area (Å²) in [5.41, 5.74) is 1.43. The normalized spacial score (nSPS) is 11.6. The van der Waals surface area contributed by atoms with Crippen molar-refractivity contribution in [2.75, 3.05) is 6.61 Å². The zero-order valence-corrected chi connectivity index (χ0v) is 19.6. The Morgan fingerprint density at radius 1 is 1.03 bits per heavy atom. The molecule has 2 aromatic heterocycles. The van der Waals surface area contributed by atoms with Crippen LogP contribution in [0.5, 0.6) is 0 Å². The minimum absolute atomic E-state index is 0.111. The number of ether oxygens (including phenoxy) is 1. The van der Waals surface area contributed by atoms with Crippen molar-refractivity contribution in [3.05, 3.63) is 58.5 Å². The number of hydrogen-bond donors (Lipinski definition) is 0. The van der Waals surface area contributed by atoms with Crippen LogP contribution in [-0.4, -0.2) is 30.6 Å². The van der Waals surface area contributed by atoms with Crippen molar-refractivity contribution in [3.8, 4) is 10.7 Å². The zero-order chi connectivity index (χ0) is 21.6. The molecule has 0 spiro atoms. The van der Waals surface area contributed by atoms with Crippen LogP contribution in [0.15, 0.2) is 47.3 Å². The van der Waals surface area contributed by atoms with Gasteiger partial charge in [0.1, 0.15) is 5.01 Å². The van der Waals surface area contributed by atoms with Crippen molar-refractivity contribution in [3.63, 3.8) is 0 Å². The first kappa shape index (κ1) is 22.3. The third-order valence-corrected chi connectivity index (χ3v) is 7.51. The number of nitrogens with zero attached hydrogens (tertiary/aromatic N) is 2. The number of benzene rings is 1. The summed E-state index contributed by atoms with van der Waals surface area (Å²) in [6.07, 6.45) is 2.86. The molecule has 0 unspecified atom stereocenters. The smallest absolute Gasteiger partial charge is 0.305 e. The summed E-state index contributed by atoms with van der Waals surface area (Å²) in [6, 6.07) is 14.3. The van der Waals surface area contributed by atoms with Gasteiger partial charge in [-0.3, -0.25) is 14.6 Å². The van der Waals surface area contributed by atoms with Crippen LogP contribution in [0.4, 0.5) is 0 Å². The maximum Gasteiger partial charge on any atom is 0.305 e. The molecule has 0 saturated heterocycles. The Hall–Kier alpha value is -2.38. The lowest BCUT2D eigenvalue weighted by molar-refractivity contribution is -0.143. The Morgan fingerprint density at radius 2 is 1.83 bits per heavy atom. The van der Waals surface area contributed by atoms with E-state index in [1.807, 2.05) is 36.4 Å². The number of fused-ring (bicyclic) bond motifs is 1. The molecular weight excluding hydrogens is 412 g/mol. The van der Waals surface area contributed by atoms with Crippen molar-refractivity contribution in [2.45, 2.75) is 51.4 Å². The molecule has 0 aliphatic rings. The highest BCUT2D eigenvalue weighted by atomic mass is 32.1. The van der Waals surface area contributed by atoms with Gasteiger partial charge in [-0.05, 0) is 49.6 Å². The molecular formula is C23H28N2O3SSi. The zero-order valence-electron chi connectivity index (χ0n) is 17.8. The van der Waals surface area contributed by atoms with Crippen LogP contribution < -0.4 is 5.56 Å². The molecule has 158 valence electrons. The van der Waals surface area contributed by atoms with Crippen molar-refractivity contribution < 1.29 is 9.53 Å². The molecule has 0 atom stereocenters. The minimum atomic E-state index is -1.17. The largest absolute Gasteiger partial charge is 0.466 e. The number of pyridine rings is 1. The van der Waals surface area contributed by atoms with Gasteiger partial charge in [0.25, 0.3) is 5.56 Å². The Morgan fingerprint density at radius 3 is 2.63 bits per heavy atom. The van der Waals surface area contributed by atoms with E-state index in [0.717, 1.165) is 35.7 Å². The fourth-order valence-electron chi connectivity index (χ4n) is 2.98. The van der Waals surface area contributed by atoms with Gasteiger partial charge >= 0.3 is 5.97 Å². The third-order valence-electron chi connectivity index (χ3n) is 4.73. The van der Waals surface area contributed by atoms with E-state index in [4.69, 9.17) is 4.74 Å². The molecule has 0 aliphatic heterocycles. The number of unbranched alkanes of at least 4 members (excludes halogenated alkanes) is 1. The van der Waals surface area contributed by atoms with E-state index in [9.17, 15) is 9.59 Å². The Kier molecular flexibility index (Phi) is 7.50. The summed E-state index contributed by atoms with van der Waals surface area (Å²) in [6.45, 7) is 7.36. The van der Waals surface area contributed by atoms with E-state index < -0.39 is 8.07 Å². The third kappa shape index (κ3) is 6.57. The maximum absolute atomic E-state index is 12.3. The monoisotopic (exact) mass is 440 g/mol. The van der Waals surface area contributed by atoms with E-state index in [0.29, 0.717) is 29.1 Å².